The van der Waals surface area contributed by atoms with E-state index in [0.29, 0.717) is 11.8 Å². The molecule has 0 N–H and O–H groups in total. The van der Waals surface area contributed by atoms with Crippen molar-refractivity contribution in [2.75, 3.05) is 0 Å². The first kappa shape index (κ1) is 11.3. The molecule has 4 nitrogen and oxygen atoms in total. The average molecular weight is 228 g/mol. The molecular weight excluding hydrogens is 216 g/mol. The predicted octanol–water partition coefficient (Wildman–Crippen LogP) is 2.70. The molecule has 0 bridgehead atoms. The summed E-state index contributed by atoms with van der Waals surface area (Å²) in [6.45, 7) is 3.98. The van der Waals surface area contributed by atoms with Crippen LogP contribution >= 0.6 is 0 Å². The SMILES string of the molecule is Cc1ccc(Oc2ncc(C=O)cn2)c(C)c1. The Labute approximate surface area is 99.3 Å². The lowest BCUT2D eigenvalue weighted by molar-refractivity contribution is 0.112. The number of benzene rings is 1. The summed E-state index contributed by atoms with van der Waals surface area (Å²) < 4.78 is 5.53. The molecule has 1 heterocycles. The lowest BCUT2D eigenvalue weighted by Gasteiger charge is -2.07. The molecule has 0 unspecified atom stereocenters. The summed E-state index contributed by atoms with van der Waals surface area (Å²) in [4.78, 5) is 18.3. The molecule has 0 aliphatic heterocycles. The van der Waals surface area contributed by atoms with E-state index in [2.05, 4.69) is 9.97 Å². The lowest BCUT2D eigenvalue weighted by Crippen LogP contribution is -1.94. The Kier molecular flexibility index (Phi) is 3.14. The zero-order chi connectivity index (χ0) is 12.3. The van der Waals surface area contributed by atoms with E-state index in [1.165, 1.54) is 18.0 Å². The number of hydrogen-bond donors (Lipinski definition) is 0. The number of aldehydes is 1. The highest BCUT2D eigenvalue weighted by atomic mass is 16.5. The molecular formula is C13H12N2O2. The molecule has 0 fully saturated rings. The van der Waals surface area contributed by atoms with Crippen LogP contribution in [0.1, 0.15) is 21.5 Å². The van der Waals surface area contributed by atoms with Gasteiger partial charge in [-0.15, -0.1) is 0 Å². The molecule has 17 heavy (non-hydrogen) atoms. The van der Waals surface area contributed by atoms with E-state index in [1.54, 1.807) is 0 Å². The van der Waals surface area contributed by atoms with E-state index < -0.39 is 0 Å². The van der Waals surface area contributed by atoms with E-state index >= 15 is 0 Å². The number of nitrogens with zero attached hydrogens (tertiary/aromatic N) is 2. The molecule has 0 saturated heterocycles. The summed E-state index contributed by atoms with van der Waals surface area (Å²) in [6, 6.07) is 6.10. The van der Waals surface area contributed by atoms with Crippen molar-refractivity contribution in [1.82, 2.24) is 9.97 Å². The van der Waals surface area contributed by atoms with Crippen LogP contribution in [0.5, 0.6) is 11.8 Å². The molecule has 0 spiro atoms. The van der Waals surface area contributed by atoms with Crippen LogP contribution in [0.3, 0.4) is 0 Å². The van der Waals surface area contributed by atoms with Gasteiger partial charge in [0.1, 0.15) is 5.75 Å². The maximum Gasteiger partial charge on any atom is 0.321 e. The van der Waals surface area contributed by atoms with Crippen LogP contribution in [0.15, 0.2) is 30.6 Å². The monoisotopic (exact) mass is 228 g/mol. The standard InChI is InChI=1S/C13H12N2O2/c1-9-3-4-12(10(2)5-9)17-13-14-6-11(8-16)7-15-13/h3-8H,1-2H3. The van der Waals surface area contributed by atoms with Crippen molar-refractivity contribution in [3.05, 3.63) is 47.3 Å². The highest BCUT2D eigenvalue weighted by Gasteiger charge is 2.03. The summed E-state index contributed by atoms with van der Waals surface area (Å²) in [5.74, 6) is 0.717. The zero-order valence-electron chi connectivity index (χ0n) is 9.68. The molecule has 2 aromatic rings. The summed E-state index contributed by atoms with van der Waals surface area (Å²) >= 11 is 0. The normalized spacial score (nSPS) is 10.0. The lowest BCUT2D eigenvalue weighted by atomic mass is 10.1. The fourth-order valence-corrected chi connectivity index (χ4v) is 1.45. The number of carbonyl (C=O) groups is 1. The number of ether oxygens (including phenoxy) is 1. The van der Waals surface area contributed by atoms with E-state index in [-0.39, 0.29) is 6.01 Å². The van der Waals surface area contributed by atoms with Crippen LogP contribution in [-0.4, -0.2) is 16.3 Å². The summed E-state index contributed by atoms with van der Waals surface area (Å²) in [5.41, 5.74) is 2.62. The van der Waals surface area contributed by atoms with Crippen LogP contribution in [0.25, 0.3) is 0 Å². The van der Waals surface area contributed by atoms with Gasteiger partial charge in [0.2, 0.25) is 0 Å². The first-order chi connectivity index (χ1) is 8.19. The highest BCUT2D eigenvalue weighted by Crippen LogP contribution is 2.22. The van der Waals surface area contributed by atoms with E-state index in [0.717, 1.165) is 11.3 Å². The Hall–Kier alpha value is -2.23. The van der Waals surface area contributed by atoms with Gasteiger partial charge in [-0.2, -0.15) is 0 Å². The molecule has 0 radical (unpaired) electrons. The third kappa shape index (κ3) is 2.66. The molecule has 0 aliphatic carbocycles. The quantitative estimate of drug-likeness (QED) is 0.758. The van der Waals surface area contributed by atoms with Gasteiger partial charge in [-0.25, -0.2) is 9.97 Å². The summed E-state index contributed by atoms with van der Waals surface area (Å²) in [5, 5.41) is 0. The van der Waals surface area contributed by atoms with E-state index in [1.807, 2.05) is 32.0 Å². The predicted molar refractivity (Wildman–Crippen MR) is 63.4 cm³/mol. The van der Waals surface area contributed by atoms with Crippen molar-refractivity contribution in [2.24, 2.45) is 0 Å². The Morgan fingerprint density at radius 1 is 1.18 bits per heavy atom. The van der Waals surface area contributed by atoms with Crippen LogP contribution in [-0.2, 0) is 0 Å². The molecule has 86 valence electrons. The third-order valence-electron chi connectivity index (χ3n) is 2.32. The number of aryl methyl sites for hydroxylation is 2. The molecule has 4 heteroatoms. The van der Waals surface area contributed by atoms with E-state index in [9.17, 15) is 4.79 Å². The second-order valence-electron chi connectivity index (χ2n) is 3.79. The molecule has 1 aromatic carbocycles. The average Bonchev–Trinajstić information content (AvgIpc) is 2.34. The summed E-state index contributed by atoms with van der Waals surface area (Å²) in [6.07, 6.45) is 3.55. The van der Waals surface area contributed by atoms with Gasteiger partial charge in [0.05, 0.1) is 5.56 Å². The third-order valence-corrected chi connectivity index (χ3v) is 2.32. The number of aromatic nitrogens is 2. The number of rotatable bonds is 3. The van der Waals surface area contributed by atoms with Gasteiger partial charge in [-0.05, 0) is 25.5 Å². The Bertz CT molecular complexity index is 536. The first-order valence-corrected chi connectivity index (χ1v) is 5.21. The Morgan fingerprint density at radius 2 is 1.88 bits per heavy atom. The molecule has 0 amide bonds. The van der Waals surface area contributed by atoms with Crippen LogP contribution in [0.2, 0.25) is 0 Å². The van der Waals surface area contributed by atoms with E-state index in [4.69, 9.17) is 4.74 Å². The van der Waals surface area contributed by atoms with Gasteiger partial charge in [0, 0.05) is 12.4 Å². The van der Waals surface area contributed by atoms with Crippen molar-refractivity contribution >= 4 is 6.29 Å². The van der Waals surface area contributed by atoms with Crippen molar-refractivity contribution < 1.29 is 9.53 Å². The topological polar surface area (TPSA) is 52.1 Å². The maximum atomic E-state index is 10.4. The largest absolute Gasteiger partial charge is 0.424 e. The minimum absolute atomic E-state index is 0.238. The van der Waals surface area contributed by atoms with Crippen molar-refractivity contribution in [3.63, 3.8) is 0 Å². The minimum atomic E-state index is 0.238. The fraction of sp³-hybridized carbons (Fsp3) is 0.154. The van der Waals surface area contributed by atoms with Gasteiger partial charge in [-0.1, -0.05) is 17.7 Å². The molecule has 0 aliphatic rings. The van der Waals surface area contributed by atoms with Gasteiger partial charge >= 0.3 is 6.01 Å². The molecule has 0 atom stereocenters. The second kappa shape index (κ2) is 4.74. The van der Waals surface area contributed by atoms with Crippen molar-refractivity contribution in [2.45, 2.75) is 13.8 Å². The smallest absolute Gasteiger partial charge is 0.321 e. The maximum absolute atomic E-state index is 10.4. The van der Waals surface area contributed by atoms with Crippen molar-refractivity contribution in [3.8, 4) is 11.8 Å². The number of carbonyl (C=O) groups excluding carboxylic acids is 1. The summed E-state index contributed by atoms with van der Waals surface area (Å²) in [7, 11) is 0. The van der Waals surface area contributed by atoms with Crippen molar-refractivity contribution in [1.29, 1.82) is 0 Å². The van der Waals surface area contributed by atoms with Gasteiger partial charge < -0.3 is 4.74 Å². The molecule has 0 saturated carbocycles. The Morgan fingerprint density at radius 3 is 2.47 bits per heavy atom. The van der Waals surface area contributed by atoms with Gasteiger partial charge in [0.15, 0.2) is 6.29 Å². The van der Waals surface area contributed by atoms with Crippen LogP contribution in [0.4, 0.5) is 0 Å². The minimum Gasteiger partial charge on any atom is -0.424 e. The first-order valence-electron chi connectivity index (χ1n) is 5.21. The Balaban J connectivity index is 2.22. The fourth-order valence-electron chi connectivity index (χ4n) is 1.45. The molecule has 1 aromatic heterocycles. The van der Waals surface area contributed by atoms with Crippen LogP contribution < -0.4 is 4.74 Å². The van der Waals surface area contributed by atoms with Crippen LogP contribution in [0, 0.1) is 13.8 Å². The highest BCUT2D eigenvalue weighted by molar-refractivity contribution is 5.73. The van der Waals surface area contributed by atoms with Gasteiger partial charge in [-0.3, -0.25) is 4.79 Å². The van der Waals surface area contributed by atoms with Gasteiger partial charge in [0.25, 0.3) is 0 Å². The zero-order valence-corrected chi connectivity index (χ0v) is 9.68. The molecule has 2 rings (SSSR count). The number of hydrogen-bond acceptors (Lipinski definition) is 4. The second-order valence-corrected chi connectivity index (χ2v) is 3.79.